The molecule has 2 amide bonds. The van der Waals surface area contributed by atoms with E-state index in [1.807, 2.05) is 31.7 Å². The summed E-state index contributed by atoms with van der Waals surface area (Å²) in [6.07, 6.45) is 4.87. The number of hydrogen-bond acceptors (Lipinski definition) is 8. The number of carbonyl (C=O) groups excluding carboxylic acids is 2. The van der Waals surface area contributed by atoms with Crippen LogP contribution >= 0.6 is 0 Å². The normalized spacial score (nSPS) is 13.6. The Morgan fingerprint density at radius 1 is 1.02 bits per heavy atom. The van der Waals surface area contributed by atoms with Gasteiger partial charge < -0.3 is 25.8 Å². The van der Waals surface area contributed by atoms with E-state index in [2.05, 4.69) is 15.9 Å². The molecule has 12 nitrogen and oxygen atoms in total. The first-order chi connectivity index (χ1) is 22.2. The van der Waals surface area contributed by atoms with Gasteiger partial charge in [0.05, 0.1) is 17.4 Å². The van der Waals surface area contributed by atoms with Crippen molar-refractivity contribution in [1.29, 1.82) is 0 Å². The van der Waals surface area contributed by atoms with Crippen molar-refractivity contribution in [2.45, 2.75) is 85.9 Å². The first-order valence-corrected chi connectivity index (χ1v) is 15.6. The summed E-state index contributed by atoms with van der Waals surface area (Å²) in [4.78, 5) is 75.1. The largest absolute Gasteiger partial charge is 0.480 e. The Labute approximate surface area is 280 Å². The molecule has 256 valence electrons. The van der Waals surface area contributed by atoms with Crippen LogP contribution in [0, 0.1) is 30.1 Å². The van der Waals surface area contributed by atoms with Crippen molar-refractivity contribution in [2.24, 2.45) is 16.6 Å². The minimum absolute atomic E-state index is 0.0535. The number of benzene rings is 2. The number of carbonyl (C=O) groups is 4. The Hall–Kier alpha value is -5.02. The number of hydrogen-bond donors (Lipinski definition) is 4. The monoisotopic (exact) mass is 659 g/mol. The average Bonchev–Trinajstić information content (AvgIpc) is 2.98. The van der Waals surface area contributed by atoms with E-state index >= 15 is 0 Å². The molecule has 3 aromatic rings. The number of terminal acetylenes is 1. The number of aliphatic carboxylic acids is 2. The Balaban J connectivity index is 2.06. The van der Waals surface area contributed by atoms with Gasteiger partial charge in [0.15, 0.2) is 5.54 Å². The molecule has 2 atom stereocenters. The molecular weight excluding hydrogens is 614 g/mol. The van der Waals surface area contributed by atoms with Crippen molar-refractivity contribution in [3.05, 3.63) is 69.8 Å². The summed E-state index contributed by atoms with van der Waals surface area (Å²) in [6.45, 7) is 12.7. The highest BCUT2D eigenvalue weighted by atomic mass is 16.4. The fourth-order valence-corrected chi connectivity index (χ4v) is 5.87. The number of amides is 2. The Bertz CT molecular complexity index is 1790. The van der Waals surface area contributed by atoms with Crippen LogP contribution in [0.5, 0.6) is 0 Å². The second kappa shape index (κ2) is 14.4. The number of nitrogens with zero attached hydrogens (tertiary/aromatic N) is 3. The number of aromatic amines is 1. The van der Waals surface area contributed by atoms with Crippen LogP contribution in [0.4, 0.5) is 5.69 Å². The number of fused-ring (bicyclic) bond motifs is 1. The lowest BCUT2D eigenvalue weighted by atomic mass is 9.64. The van der Waals surface area contributed by atoms with Crippen molar-refractivity contribution in [2.75, 3.05) is 11.4 Å². The molecule has 0 unspecified atom stereocenters. The highest BCUT2D eigenvalue weighted by Crippen LogP contribution is 2.45. The van der Waals surface area contributed by atoms with Crippen molar-refractivity contribution in [3.63, 3.8) is 0 Å². The lowest BCUT2D eigenvalue weighted by Gasteiger charge is -2.50. The van der Waals surface area contributed by atoms with Crippen molar-refractivity contribution in [3.8, 4) is 12.3 Å². The van der Waals surface area contributed by atoms with E-state index in [0.717, 1.165) is 10.5 Å². The van der Waals surface area contributed by atoms with Gasteiger partial charge in [0.2, 0.25) is 5.91 Å². The van der Waals surface area contributed by atoms with E-state index in [-0.39, 0.29) is 30.5 Å². The van der Waals surface area contributed by atoms with Crippen molar-refractivity contribution in [1.82, 2.24) is 14.9 Å². The Morgan fingerprint density at radius 2 is 1.65 bits per heavy atom. The summed E-state index contributed by atoms with van der Waals surface area (Å²) >= 11 is 0. The van der Waals surface area contributed by atoms with E-state index < -0.39 is 52.6 Å². The lowest BCUT2D eigenvalue weighted by Crippen LogP contribution is -2.67. The van der Waals surface area contributed by atoms with Gasteiger partial charge in [-0.2, -0.15) is 0 Å². The third-order valence-electron chi connectivity index (χ3n) is 8.22. The van der Waals surface area contributed by atoms with Gasteiger partial charge in [-0.3, -0.25) is 24.1 Å². The van der Waals surface area contributed by atoms with Crippen LogP contribution in [-0.2, 0) is 20.9 Å². The fourth-order valence-electron chi connectivity index (χ4n) is 5.87. The number of nitrogens with two attached hydrogens (primary N) is 1. The van der Waals surface area contributed by atoms with Gasteiger partial charge in [-0.1, -0.05) is 53.5 Å². The molecule has 12 heteroatoms. The molecule has 0 aliphatic heterocycles. The highest BCUT2D eigenvalue weighted by Gasteiger charge is 2.58. The number of imide groups is 1. The van der Waals surface area contributed by atoms with Crippen LogP contribution in [0.15, 0.2) is 47.3 Å². The summed E-state index contributed by atoms with van der Waals surface area (Å²) in [5.74, 6) is -1.22. The molecule has 3 rings (SSSR count). The van der Waals surface area contributed by atoms with E-state index in [0.29, 0.717) is 29.0 Å². The minimum Gasteiger partial charge on any atom is -0.480 e. The van der Waals surface area contributed by atoms with Gasteiger partial charge in [0.25, 0.3) is 11.5 Å². The smallest absolute Gasteiger partial charge is 0.330 e. The quantitative estimate of drug-likeness (QED) is 0.204. The molecule has 48 heavy (non-hydrogen) atoms. The predicted octanol–water partition coefficient (Wildman–Crippen LogP) is 4.34. The van der Waals surface area contributed by atoms with Gasteiger partial charge in [-0.15, -0.1) is 6.42 Å². The maximum Gasteiger partial charge on any atom is 0.330 e. The Morgan fingerprint density at radius 3 is 2.17 bits per heavy atom. The summed E-state index contributed by atoms with van der Waals surface area (Å²) in [5, 5.41) is 20.5. The Kier molecular flexibility index (Phi) is 11.2. The van der Waals surface area contributed by atoms with Crippen LogP contribution in [0.25, 0.3) is 10.9 Å². The fraction of sp³-hybridized carbons (Fsp3) is 0.444. The third-order valence-corrected chi connectivity index (χ3v) is 8.22. The molecule has 0 radical (unpaired) electrons. The molecule has 0 aliphatic rings. The summed E-state index contributed by atoms with van der Waals surface area (Å²) < 4.78 is 0. The highest BCUT2D eigenvalue weighted by molar-refractivity contribution is 6.08. The summed E-state index contributed by atoms with van der Waals surface area (Å²) in [7, 11) is 0. The van der Waals surface area contributed by atoms with Crippen LogP contribution in [0.2, 0.25) is 0 Å². The van der Waals surface area contributed by atoms with E-state index in [9.17, 15) is 34.2 Å². The number of carboxylic acids is 2. The summed E-state index contributed by atoms with van der Waals surface area (Å²) in [5.41, 5.74) is 3.69. The van der Waals surface area contributed by atoms with Crippen LogP contribution in [-0.4, -0.2) is 67.0 Å². The third kappa shape index (κ3) is 8.27. The molecule has 0 aliphatic carbocycles. The molecule has 1 heterocycles. The number of aryl methyl sites for hydroxylation is 1. The first-order valence-electron chi connectivity index (χ1n) is 15.6. The number of rotatable bonds is 12. The molecule has 1 aromatic heterocycles. The molecular formula is C36H45N5O7. The van der Waals surface area contributed by atoms with Gasteiger partial charge >= 0.3 is 11.9 Å². The van der Waals surface area contributed by atoms with Gasteiger partial charge in [-0.05, 0) is 72.6 Å². The van der Waals surface area contributed by atoms with Crippen LogP contribution in [0.3, 0.4) is 0 Å². The van der Waals surface area contributed by atoms with Gasteiger partial charge in [0, 0.05) is 24.2 Å². The minimum atomic E-state index is -2.00. The SMILES string of the molecule is C#CCN(Cc1ccc2nc(C)[nH]c(=O)c2c1)c1ccc(C(=O)N(C(=O)CC[C@H](N)C(=O)O)[C@](CC(C)(C)C)(C(=O)O)C(C)(C)C)cc1. The second-order valence-electron chi connectivity index (χ2n) is 14.3. The molecule has 0 saturated heterocycles. The lowest BCUT2D eigenvalue weighted by molar-refractivity contribution is -0.167. The van der Waals surface area contributed by atoms with E-state index in [4.69, 9.17) is 12.2 Å². The molecule has 0 fully saturated rings. The molecule has 5 N–H and O–H groups in total. The number of H-pyrrole nitrogens is 1. The topological polar surface area (TPSA) is 187 Å². The van der Waals surface area contributed by atoms with Gasteiger partial charge in [0.1, 0.15) is 11.9 Å². The molecule has 0 spiro atoms. The maximum absolute atomic E-state index is 14.3. The van der Waals surface area contributed by atoms with E-state index in [1.54, 1.807) is 52.0 Å². The van der Waals surface area contributed by atoms with Crippen molar-refractivity contribution < 1.29 is 29.4 Å². The number of nitrogens with one attached hydrogen (secondary N) is 1. The second-order valence-corrected chi connectivity index (χ2v) is 14.3. The van der Waals surface area contributed by atoms with Crippen LogP contribution < -0.4 is 16.2 Å². The molecule has 0 bridgehead atoms. The number of anilines is 1. The zero-order valence-electron chi connectivity index (χ0n) is 28.6. The molecule has 2 aromatic carbocycles. The average molecular weight is 660 g/mol. The first kappa shape index (κ1) is 37.4. The van der Waals surface area contributed by atoms with Crippen LogP contribution in [0.1, 0.15) is 82.6 Å². The zero-order valence-corrected chi connectivity index (χ0v) is 28.6. The number of carboxylic acid groups (broad SMARTS) is 2. The zero-order chi connectivity index (χ0) is 36.2. The predicted molar refractivity (Wildman–Crippen MR) is 183 cm³/mol. The van der Waals surface area contributed by atoms with E-state index in [1.165, 1.54) is 12.1 Å². The maximum atomic E-state index is 14.3. The standard InChI is InChI=1S/C36H45N5O7/c1-9-18-40(20-23-10-16-28-26(19-23)30(43)39-22(2)38-28)25-13-11-24(12-14-25)31(44)41(29(42)17-15-27(37)32(45)46)36(33(47)48,35(6,7)8)21-34(3,4)5/h1,10-14,16,19,27H,15,17-18,20-21,37H2,2-8H3,(H,45,46)(H,47,48)(H,38,39,43)/t27-,36+/m0/s1. The van der Waals surface area contributed by atoms with Crippen molar-refractivity contribution >= 4 is 40.3 Å². The number of aromatic nitrogens is 2. The molecule has 0 saturated carbocycles. The van der Waals surface area contributed by atoms with Gasteiger partial charge in [-0.25, -0.2) is 9.78 Å². The summed E-state index contributed by atoms with van der Waals surface area (Å²) in [6, 6.07) is 10.3.